The van der Waals surface area contributed by atoms with Crippen LogP contribution in [0.2, 0.25) is 0 Å². The fraction of sp³-hybridized carbons (Fsp3) is 0.500. The third-order valence-electron chi connectivity index (χ3n) is 3.13. The number of benzene rings is 1. The van der Waals surface area contributed by atoms with Gasteiger partial charge in [-0.3, -0.25) is 0 Å². The highest BCUT2D eigenvalue weighted by atomic mass is 16.5. The van der Waals surface area contributed by atoms with Gasteiger partial charge in [-0.05, 0) is 23.0 Å². The molecule has 0 aliphatic carbocycles. The van der Waals surface area contributed by atoms with Gasteiger partial charge >= 0.3 is 0 Å². The Labute approximate surface area is 111 Å². The highest BCUT2D eigenvalue weighted by Crippen LogP contribution is 2.36. The summed E-state index contributed by atoms with van der Waals surface area (Å²) in [6.45, 7) is 9.31. The maximum absolute atomic E-state index is 5.63. The van der Waals surface area contributed by atoms with Crippen molar-refractivity contribution in [3.63, 3.8) is 0 Å². The van der Waals surface area contributed by atoms with Crippen LogP contribution in [-0.2, 0) is 0 Å². The molecule has 2 heteroatoms. The van der Waals surface area contributed by atoms with Crippen molar-refractivity contribution in [1.29, 1.82) is 0 Å². The fourth-order valence-corrected chi connectivity index (χ4v) is 2.18. The Kier molecular flexibility index (Phi) is 5.42. The molecule has 0 amide bonds. The summed E-state index contributed by atoms with van der Waals surface area (Å²) in [5.74, 6) is 1.91. The molecule has 0 unspecified atom stereocenters. The number of hydrogen-bond donors (Lipinski definition) is 1. The molecule has 2 nitrogen and oxygen atoms in total. The summed E-state index contributed by atoms with van der Waals surface area (Å²) in [6.07, 6.45) is 4.06. The minimum atomic E-state index is 0.450. The molecule has 0 aliphatic rings. The normalized spacial score (nSPS) is 11.8. The first kappa shape index (κ1) is 14.8. The number of ether oxygens (including phenoxy) is 1. The predicted octanol–water partition coefficient (Wildman–Crippen LogP) is 3.91. The second-order valence-electron chi connectivity index (χ2n) is 5.14. The lowest BCUT2D eigenvalue weighted by atomic mass is 9.90. The van der Waals surface area contributed by atoms with Crippen LogP contribution in [0.4, 0.5) is 0 Å². The first-order valence-corrected chi connectivity index (χ1v) is 6.60. The standard InChI is InChI=1S/C16H25NO/c1-11(2)13-8-9-14(12(3)4)16(18-5)15(13)7-6-10-17/h6-9,11-12H,10,17H2,1-5H3/b7-6+. The van der Waals surface area contributed by atoms with Gasteiger partial charge in [0.2, 0.25) is 0 Å². The summed E-state index contributed by atoms with van der Waals surface area (Å²) >= 11 is 0. The van der Waals surface area contributed by atoms with Gasteiger partial charge in [-0.15, -0.1) is 0 Å². The number of nitrogens with two attached hydrogens (primary N) is 1. The lowest BCUT2D eigenvalue weighted by Crippen LogP contribution is -2.02. The molecule has 0 spiro atoms. The molecular formula is C16H25NO. The van der Waals surface area contributed by atoms with Crippen LogP contribution in [0.25, 0.3) is 6.08 Å². The van der Waals surface area contributed by atoms with E-state index in [1.807, 2.05) is 6.08 Å². The van der Waals surface area contributed by atoms with Gasteiger partial charge in [0.05, 0.1) is 7.11 Å². The Morgan fingerprint density at radius 1 is 1.11 bits per heavy atom. The summed E-state index contributed by atoms with van der Waals surface area (Å²) in [6, 6.07) is 4.39. The Morgan fingerprint density at radius 2 is 1.67 bits per heavy atom. The average molecular weight is 247 g/mol. The Balaban J connectivity index is 3.45. The van der Waals surface area contributed by atoms with Crippen LogP contribution < -0.4 is 10.5 Å². The van der Waals surface area contributed by atoms with E-state index >= 15 is 0 Å². The van der Waals surface area contributed by atoms with Crippen LogP contribution in [0, 0.1) is 0 Å². The molecule has 0 atom stereocenters. The highest BCUT2D eigenvalue weighted by molar-refractivity contribution is 5.65. The van der Waals surface area contributed by atoms with Crippen LogP contribution >= 0.6 is 0 Å². The predicted molar refractivity (Wildman–Crippen MR) is 79.3 cm³/mol. The molecule has 1 aromatic carbocycles. The molecule has 1 aromatic rings. The first-order chi connectivity index (χ1) is 8.52. The number of hydrogen-bond acceptors (Lipinski definition) is 2. The molecule has 100 valence electrons. The Morgan fingerprint density at radius 3 is 2.11 bits per heavy atom. The zero-order valence-corrected chi connectivity index (χ0v) is 12.2. The van der Waals surface area contributed by atoms with Crippen molar-refractivity contribution < 1.29 is 4.74 Å². The van der Waals surface area contributed by atoms with Gasteiger partial charge in [-0.25, -0.2) is 0 Å². The van der Waals surface area contributed by atoms with Crippen molar-refractivity contribution in [1.82, 2.24) is 0 Å². The summed E-state index contributed by atoms with van der Waals surface area (Å²) in [5.41, 5.74) is 9.29. The van der Waals surface area contributed by atoms with E-state index in [9.17, 15) is 0 Å². The van der Waals surface area contributed by atoms with Crippen molar-refractivity contribution in [2.75, 3.05) is 13.7 Å². The summed E-state index contributed by atoms with van der Waals surface area (Å²) in [4.78, 5) is 0. The van der Waals surface area contributed by atoms with Gasteiger partial charge in [0.25, 0.3) is 0 Å². The van der Waals surface area contributed by atoms with Crippen LogP contribution in [0.15, 0.2) is 18.2 Å². The van der Waals surface area contributed by atoms with Crippen LogP contribution in [0.5, 0.6) is 5.75 Å². The summed E-state index contributed by atoms with van der Waals surface area (Å²) < 4.78 is 5.63. The second kappa shape index (κ2) is 6.60. The summed E-state index contributed by atoms with van der Waals surface area (Å²) in [5, 5.41) is 0. The Hall–Kier alpha value is -1.28. The molecule has 0 bridgehead atoms. The Bertz CT molecular complexity index is 419. The van der Waals surface area contributed by atoms with Gasteiger partial charge in [0.15, 0.2) is 0 Å². The van der Waals surface area contributed by atoms with Gasteiger partial charge in [-0.1, -0.05) is 52.0 Å². The van der Waals surface area contributed by atoms with E-state index in [0.717, 1.165) is 5.75 Å². The maximum Gasteiger partial charge on any atom is 0.129 e. The van der Waals surface area contributed by atoms with Crippen molar-refractivity contribution in [3.05, 3.63) is 34.9 Å². The quantitative estimate of drug-likeness (QED) is 0.856. The molecule has 0 heterocycles. The SMILES string of the molecule is COc1c(C(C)C)ccc(C(C)C)c1/C=C/CN. The molecule has 0 fully saturated rings. The van der Waals surface area contributed by atoms with Gasteiger partial charge in [0, 0.05) is 12.1 Å². The van der Waals surface area contributed by atoms with E-state index in [2.05, 4.69) is 45.9 Å². The van der Waals surface area contributed by atoms with Crippen molar-refractivity contribution >= 4 is 6.08 Å². The fourth-order valence-electron chi connectivity index (χ4n) is 2.18. The lowest BCUT2D eigenvalue weighted by molar-refractivity contribution is 0.405. The van der Waals surface area contributed by atoms with Crippen molar-refractivity contribution in [3.8, 4) is 5.75 Å². The smallest absolute Gasteiger partial charge is 0.129 e. The minimum Gasteiger partial charge on any atom is -0.496 e. The zero-order chi connectivity index (χ0) is 13.7. The zero-order valence-electron chi connectivity index (χ0n) is 12.2. The molecule has 0 radical (unpaired) electrons. The highest BCUT2D eigenvalue weighted by Gasteiger charge is 2.15. The van der Waals surface area contributed by atoms with E-state index in [-0.39, 0.29) is 0 Å². The number of methoxy groups -OCH3 is 1. The van der Waals surface area contributed by atoms with Gasteiger partial charge in [0.1, 0.15) is 5.75 Å². The van der Waals surface area contributed by atoms with Crippen molar-refractivity contribution in [2.45, 2.75) is 39.5 Å². The lowest BCUT2D eigenvalue weighted by Gasteiger charge is -2.19. The van der Waals surface area contributed by atoms with E-state index in [4.69, 9.17) is 10.5 Å². The largest absolute Gasteiger partial charge is 0.496 e. The molecule has 2 N–H and O–H groups in total. The van der Waals surface area contributed by atoms with E-state index < -0.39 is 0 Å². The van der Waals surface area contributed by atoms with E-state index in [0.29, 0.717) is 18.4 Å². The molecule has 0 aromatic heterocycles. The monoisotopic (exact) mass is 247 g/mol. The van der Waals surface area contributed by atoms with Crippen LogP contribution in [0.1, 0.15) is 56.2 Å². The van der Waals surface area contributed by atoms with E-state index in [1.54, 1.807) is 7.11 Å². The average Bonchev–Trinajstić information content (AvgIpc) is 2.34. The maximum atomic E-state index is 5.63. The van der Waals surface area contributed by atoms with Crippen LogP contribution in [0.3, 0.4) is 0 Å². The molecule has 0 aliphatic heterocycles. The van der Waals surface area contributed by atoms with Crippen LogP contribution in [-0.4, -0.2) is 13.7 Å². The molecule has 0 saturated carbocycles. The number of rotatable bonds is 5. The van der Waals surface area contributed by atoms with E-state index in [1.165, 1.54) is 16.7 Å². The third kappa shape index (κ3) is 3.14. The molecule has 0 saturated heterocycles. The summed E-state index contributed by atoms with van der Waals surface area (Å²) in [7, 11) is 1.74. The third-order valence-corrected chi connectivity index (χ3v) is 3.13. The molecule has 18 heavy (non-hydrogen) atoms. The minimum absolute atomic E-state index is 0.450. The molecule has 1 rings (SSSR count). The topological polar surface area (TPSA) is 35.2 Å². The van der Waals surface area contributed by atoms with Gasteiger partial charge in [-0.2, -0.15) is 0 Å². The second-order valence-corrected chi connectivity index (χ2v) is 5.14. The van der Waals surface area contributed by atoms with Crippen molar-refractivity contribution in [2.24, 2.45) is 5.73 Å². The van der Waals surface area contributed by atoms with Gasteiger partial charge < -0.3 is 10.5 Å². The molecular weight excluding hydrogens is 222 g/mol. The first-order valence-electron chi connectivity index (χ1n) is 6.60.